The minimum atomic E-state index is -0.761. The predicted molar refractivity (Wildman–Crippen MR) is 75.1 cm³/mol. The lowest BCUT2D eigenvalue weighted by molar-refractivity contribution is -0.138. The summed E-state index contributed by atoms with van der Waals surface area (Å²) in [5, 5.41) is 8.81. The van der Waals surface area contributed by atoms with Gasteiger partial charge in [0.2, 0.25) is 5.95 Å². The van der Waals surface area contributed by atoms with E-state index in [4.69, 9.17) is 10.1 Å². The van der Waals surface area contributed by atoms with Crippen LogP contribution in [-0.4, -0.2) is 58.7 Å². The molecule has 1 aliphatic heterocycles. The molecule has 0 saturated carbocycles. The summed E-state index contributed by atoms with van der Waals surface area (Å²) < 4.78 is 0. The maximum atomic E-state index is 10.7. The largest absolute Gasteiger partial charge is 0.480 e. The third-order valence-corrected chi connectivity index (χ3v) is 4.14. The van der Waals surface area contributed by atoms with Crippen molar-refractivity contribution in [3.05, 3.63) is 17.0 Å². The number of hydrogen-bond donors (Lipinski definition) is 1. The summed E-state index contributed by atoms with van der Waals surface area (Å²) >= 11 is 0. The Labute approximate surface area is 118 Å². The number of fused-ring (bicyclic) bond motifs is 1. The van der Waals surface area contributed by atoms with Gasteiger partial charge < -0.3 is 10.0 Å². The number of carboxylic acid groups (broad SMARTS) is 1. The Kier molecular flexibility index (Phi) is 3.56. The number of anilines is 1. The number of carbonyl (C=O) groups is 1. The molecule has 0 aromatic carbocycles. The van der Waals surface area contributed by atoms with Gasteiger partial charge in [-0.1, -0.05) is 0 Å². The standard InChI is InChI=1S/C14H20N4O2/c1-10-11-3-2-4-12(11)16-14(15-10)18-7-5-17(6-8-18)9-13(19)20/h2-9H2,1H3,(H,19,20). The molecular formula is C14H20N4O2. The lowest BCUT2D eigenvalue weighted by atomic mass is 10.2. The van der Waals surface area contributed by atoms with Crippen LogP contribution in [0.15, 0.2) is 0 Å². The fraction of sp³-hybridized carbons (Fsp3) is 0.643. The summed E-state index contributed by atoms with van der Waals surface area (Å²) in [5.74, 6) is 0.0567. The molecule has 20 heavy (non-hydrogen) atoms. The van der Waals surface area contributed by atoms with E-state index < -0.39 is 5.97 Å². The van der Waals surface area contributed by atoms with Gasteiger partial charge in [-0.05, 0) is 31.7 Å². The van der Waals surface area contributed by atoms with Crippen molar-refractivity contribution in [1.29, 1.82) is 0 Å². The van der Waals surface area contributed by atoms with E-state index >= 15 is 0 Å². The Morgan fingerprint density at radius 1 is 1.20 bits per heavy atom. The van der Waals surface area contributed by atoms with Crippen molar-refractivity contribution in [3.63, 3.8) is 0 Å². The van der Waals surface area contributed by atoms with Gasteiger partial charge in [-0.25, -0.2) is 9.97 Å². The van der Waals surface area contributed by atoms with Crippen LogP contribution in [0, 0.1) is 6.92 Å². The number of hydrogen-bond acceptors (Lipinski definition) is 5. The molecule has 108 valence electrons. The van der Waals surface area contributed by atoms with Crippen molar-refractivity contribution in [2.75, 3.05) is 37.6 Å². The second kappa shape index (κ2) is 5.36. The molecular weight excluding hydrogens is 256 g/mol. The fourth-order valence-corrected chi connectivity index (χ4v) is 3.04. The molecule has 0 spiro atoms. The first-order chi connectivity index (χ1) is 9.63. The van der Waals surface area contributed by atoms with Crippen molar-refractivity contribution in [3.8, 4) is 0 Å². The van der Waals surface area contributed by atoms with Crippen molar-refractivity contribution >= 4 is 11.9 Å². The maximum Gasteiger partial charge on any atom is 0.317 e. The number of rotatable bonds is 3. The first kappa shape index (κ1) is 13.3. The van der Waals surface area contributed by atoms with Crippen molar-refractivity contribution in [1.82, 2.24) is 14.9 Å². The molecule has 3 rings (SSSR count). The van der Waals surface area contributed by atoms with E-state index in [-0.39, 0.29) is 6.54 Å². The van der Waals surface area contributed by atoms with Gasteiger partial charge in [0, 0.05) is 37.6 Å². The molecule has 1 fully saturated rings. The predicted octanol–water partition coefficient (Wildman–Crippen LogP) is 0.480. The summed E-state index contributed by atoms with van der Waals surface area (Å²) in [5.41, 5.74) is 3.65. The number of nitrogens with zero attached hydrogens (tertiary/aromatic N) is 4. The average Bonchev–Trinajstić information content (AvgIpc) is 2.87. The van der Waals surface area contributed by atoms with Gasteiger partial charge in [0.25, 0.3) is 0 Å². The van der Waals surface area contributed by atoms with Crippen LogP contribution in [0.3, 0.4) is 0 Å². The summed E-state index contributed by atoms with van der Waals surface area (Å²) in [4.78, 5) is 24.2. The van der Waals surface area contributed by atoms with Crippen LogP contribution < -0.4 is 4.90 Å². The summed E-state index contributed by atoms with van der Waals surface area (Å²) in [6.45, 7) is 5.29. The number of aryl methyl sites for hydroxylation is 2. The second-order valence-electron chi connectivity index (χ2n) is 5.54. The molecule has 1 saturated heterocycles. The van der Waals surface area contributed by atoms with Crippen LogP contribution in [0.4, 0.5) is 5.95 Å². The van der Waals surface area contributed by atoms with Gasteiger partial charge in [-0.15, -0.1) is 0 Å². The summed E-state index contributed by atoms with van der Waals surface area (Å²) in [6, 6.07) is 0. The van der Waals surface area contributed by atoms with Crippen molar-refractivity contribution in [2.45, 2.75) is 26.2 Å². The topological polar surface area (TPSA) is 69.6 Å². The van der Waals surface area contributed by atoms with Crippen LogP contribution in [0.2, 0.25) is 0 Å². The molecule has 0 amide bonds. The quantitative estimate of drug-likeness (QED) is 0.866. The average molecular weight is 276 g/mol. The first-order valence-corrected chi connectivity index (χ1v) is 7.19. The highest BCUT2D eigenvalue weighted by atomic mass is 16.4. The minimum absolute atomic E-state index is 0.123. The lowest BCUT2D eigenvalue weighted by Gasteiger charge is -2.34. The third kappa shape index (κ3) is 2.60. The molecule has 2 heterocycles. The van der Waals surface area contributed by atoms with E-state index in [0.29, 0.717) is 0 Å². The van der Waals surface area contributed by atoms with Crippen molar-refractivity contribution in [2.24, 2.45) is 0 Å². The maximum absolute atomic E-state index is 10.7. The van der Waals surface area contributed by atoms with Gasteiger partial charge in [0.05, 0.1) is 6.54 Å². The van der Waals surface area contributed by atoms with Gasteiger partial charge in [-0.2, -0.15) is 0 Å². The lowest BCUT2D eigenvalue weighted by Crippen LogP contribution is -2.48. The van der Waals surface area contributed by atoms with E-state index in [1.54, 1.807) is 0 Å². The van der Waals surface area contributed by atoms with E-state index in [1.165, 1.54) is 17.7 Å². The third-order valence-electron chi connectivity index (χ3n) is 4.14. The minimum Gasteiger partial charge on any atom is -0.480 e. The number of piperazine rings is 1. The Morgan fingerprint density at radius 2 is 1.95 bits per heavy atom. The molecule has 1 N–H and O–H groups in total. The van der Waals surface area contributed by atoms with E-state index in [2.05, 4.69) is 16.8 Å². The fourth-order valence-electron chi connectivity index (χ4n) is 3.04. The van der Waals surface area contributed by atoms with Crippen molar-refractivity contribution < 1.29 is 9.90 Å². The summed E-state index contributed by atoms with van der Waals surface area (Å²) in [6.07, 6.45) is 3.35. The SMILES string of the molecule is Cc1nc(N2CCN(CC(=O)O)CC2)nc2c1CCC2. The zero-order valence-corrected chi connectivity index (χ0v) is 11.8. The normalized spacial score (nSPS) is 19.1. The Balaban J connectivity index is 1.69. The highest BCUT2D eigenvalue weighted by Crippen LogP contribution is 2.25. The summed E-state index contributed by atoms with van der Waals surface area (Å²) in [7, 11) is 0. The van der Waals surface area contributed by atoms with Gasteiger partial charge in [0.1, 0.15) is 0 Å². The molecule has 6 heteroatoms. The Bertz CT molecular complexity index is 524. The van der Waals surface area contributed by atoms with Gasteiger partial charge in [0.15, 0.2) is 0 Å². The van der Waals surface area contributed by atoms with Gasteiger partial charge in [-0.3, -0.25) is 9.69 Å². The molecule has 6 nitrogen and oxygen atoms in total. The number of aliphatic carboxylic acids is 1. The Hall–Kier alpha value is -1.69. The number of carboxylic acids is 1. The molecule has 1 aromatic heterocycles. The molecule has 0 unspecified atom stereocenters. The zero-order chi connectivity index (χ0) is 14.1. The molecule has 0 bridgehead atoms. The second-order valence-corrected chi connectivity index (χ2v) is 5.54. The molecule has 0 atom stereocenters. The van der Waals surface area contributed by atoms with Gasteiger partial charge >= 0.3 is 5.97 Å². The van der Waals surface area contributed by atoms with E-state index in [1.807, 2.05) is 4.90 Å². The van der Waals surface area contributed by atoms with Crippen LogP contribution in [0.1, 0.15) is 23.4 Å². The molecule has 0 radical (unpaired) electrons. The van der Waals surface area contributed by atoms with Crippen LogP contribution in [0.25, 0.3) is 0 Å². The highest BCUT2D eigenvalue weighted by molar-refractivity contribution is 5.69. The number of aromatic nitrogens is 2. The molecule has 1 aromatic rings. The van der Waals surface area contributed by atoms with E-state index in [0.717, 1.165) is 50.7 Å². The molecule has 1 aliphatic carbocycles. The van der Waals surface area contributed by atoms with Crippen LogP contribution >= 0.6 is 0 Å². The highest BCUT2D eigenvalue weighted by Gasteiger charge is 2.23. The van der Waals surface area contributed by atoms with Crippen LogP contribution in [0.5, 0.6) is 0 Å². The smallest absolute Gasteiger partial charge is 0.317 e. The monoisotopic (exact) mass is 276 g/mol. The Morgan fingerprint density at radius 3 is 2.65 bits per heavy atom. The van der Waals surface area contributed by atoms with E-state index in [9.17, 15) is 4.79 Å². The molecule has 2 aliphatic rings. The zero-order valence-electron chi connectivity index (χ0n) is 11.8. The first-order valence-electron chi connectivity index (χ1n) is 7.19. The van der Waals surface area contributed by atoms with Crippen LogP contribution in [-0.2, 0) is 17.6 Å².